The molecule has 21 heavy (non-hydrogen) atoms. The highest BCUT2D eigenvalue weighted by Crippen LogP contribution is 2.33. The molecular weight excluding hydrogens is 277 g/mol. The minimum atomic E-state index is -4.19. The predicted octanol–water partition coefficient (Wildman–Crippen LogP) is 4.06. The number of nitrogens with zero attached hydrogens (tertiary/aromatic N) is 1. The third-order valence-electron chi connectivity index (χ3n) is 3.83. The Hall–Kier alpha value is -1.49. The number of anilines is 1. The summed E-state index contributed by atoms with van der Waals surface area (Å²) in [6.45, 7) is 5.68. The average Bonchev–Trinajstić information content (AvgIpc) is 2.47. The van der Waals surface area contributed by atoms with E-state index >= 15 is 0 Å². The van der Waals surface area contributed by atoms with E-state index < -0.39 is 11.7 Å². The minimum Gasteiger partial charge on any atom is -0.367 e. The van der Waals surface area contributed by atoms with Gasteiger partial charge >= 0.3 is 6.18 Å². The van der Waals surface area contributed by atoms with E-state index in [-0.39, 0.29) is 12.5 Å². The Kier molecular flexibility index (Phi) is 4.93. The van der Waals surface area contributed by atoms with Gasteiger partial charge in [0.2, 0.25) is 0 Å². The molecule has 2 rings (SSSR count). The highest BCUT2D eigenvalue weighted by molar-refractivity contribution is 5.56. The maximum absolute atomic E-state index is 12.7. The van der Waals surface area contributed by atoms with Gasteiger partial charge in [0, 0.05) is 30.4 Å². The molecule has 0 amide bonds. The molecule has 1 aromatic carbocycles. The van der Waals surface area contributed by atoms with E-state index in [0.29, 0.717) is 13.1 Å². The molecule has 0 fully saturated rings. The van der Waals surface area contributed by atoms with E-state index in [0.717, 1.165) is 17.8 Å². The van der Waals surface area contributed by atoms with Gasteiger partial charge in [-0.1, -0.05) is 31.2 Å². The van der Waals surface area contributed by atoms with Gasteiger partial charge in [0.15, 0.2) is 0 Å². The van der Waals surface area contributed by atoms with E-state index in [1.807, 2.05) is 36.1 Å². The maximum Gasteiger partial charge on any atom is 0.412 e. The van der Waals surface area contributed by atoms with Crippen molar-refractivity contribution in [3.05, 3.63) is 41.5 Å². The number of nitrogens with one attached hydrogen (secondary N) is 1. The maximum atomic E-state index is 12.7. The van der Waals surface area contributed by atoms with Crippen LogP contribution in [0, 0.1) is 0 Å². The molecule has 0 saturated heterocycles. The molecule has 1 unspecified atom stereocenters. The van der Waals surface area contributed by atoms with Gasteiger partial charge < -0.3 is 10.2 Å². The largest absolute Gasteiger partial charge is 0.412 e. The zero-order valence-electron chi connectivity index (χ0n) is 12.4. The molecule has 1 atom stereocenters. The molecule has 2 nitrogen and oxygen atoms in total. The van der Waals surface area contributed by atoms with Gasteiger partial charge in [-0.25, -0.2) is 0 Å². The summed E-state index contributed by atoms with van der Waals surface area (Å²) in [7, 11) is 0. The normalized spacial score (nSPS) is 17.6. The van der Waals surface area contributed by atoms with E-state index in [4.69, 9.17) is 0 Å². The number of hydrogen-bond donors (Lipinski definition) is 1. The van der Waals surface area contributed by atoms with Gasteiger partial charge in [0.05, 0.1) is 0 Å². The second kappa shape index (κ2) is 6.52. The molecule has 1 N–H and O–H groups in total. The van der Waals surface area contributed by atoms with Crippen LogP contribution < -0.4 is 10.2 Å². The Labute approximate surface area is 123 Å². The van der Waals surface area contributed by atoms with Crippen LogP contribution in [-0.2, 0) is 0 Å². The zero-order valence-corrected chi connectivity index (χ0v) is 12.4. The number of alkyl halides is 3. The summed E-state index contributed by atoms with van der Waals surface area (Å²) >= 11 is 0. The molecule has 0 bridgehead atoms. The Balaban J connectivity index is 2.19. The summed E-state index contributed by atoms with van der Waals surface area (Å²) in [6.07, 6.45) is -2.84. The van der Waals surface area contributed by atoms with Crippen molar-refractivity contribution in [2.24, 2.45) is 0 Å². The molecule has 1 aromatic rings. The number of para-hydroxylation sites is 1. The molecule has 1 aliphatic rings. The third-order valence-corrected chi connectivity index (χ3v) is 3.83. The van der Waals surface area contributed by atoms with Crippen molar-refractivity contribution in [2.45, 2.75) is 32.5 Å². The molecule has 1 aliphatic heterocycles. The van der Waals surface area contributed by atoms with Crippen LogP contribution in [0.2, 0.25) is 0 Å². The zero-order chi connectivity index (χ0) is 15.5. The summed E-state index contributed by atoms with van der Waals surface area (Å²) in [5, 5.41) is 3.35. The monoisotopic (exact) mass is 298 g/mol. The first-order valence-electron chi connectivity index (χ1n) is 7.27. The van der Waals surface area contributed by atoms with Gasteiger partial charge in [-0.05, 0) is 31.5 Å². The minimum absolute atomic E-state index is 0.0490. The molecule has 0 radical (unpaired) electrons. The fourth-order valence-electron chi connectivity index (χ4n) is 2.70. The lowest BCUT2D eigenvalue weighted by Gasteiger charge is -2.32. The lowest BCUT2D eigenvalue weighted by molar-refractivity contribution is -0.0943. The lowest BCUT2D eigenvalue weighted by Crippen LogP contribution is -2.33. The van der Waals surface area contributed by atoms with Crippen molar-refractivity contribution in [3.63, 3.8) is 0 Å². The van der Waals surface area contributed by atoms with Crippen molar-refractivity contribution < 1.29 is 13.2 Å². The fourth-order valence-corrected chi connectivity index (χ4v) is 2.70. The molecule has 0 aliphatic carbocycles. The van der Waals surface area contributed by atoms with Crippen LogP contribution in [0.3, 0.4) is 0 Å². The summed E-state index contributed by atoms with van der Waals surface area (Å²) in [5.74, 6) is 0. The van der Waals surface area contributed by atoms with Crippen LogP contribution in [0.25, 0.3) is 0 Å². The molecular formula is C16H21F3N2. The van der Waals surface area contributed by atoms with Crippen LogP contribution in [0.5, 0.6) is 0 Å². The molecule has 0 saturated carbocycles. The van der Waals surface area contributed by atoms with E-state index in [2.05, 4.69) is 12.2 Å². The van der Waals surface area contributed by atoms with Crippen LogP contribution in [0.1, 0.15) is 31.9 Å². The Morgan fingerprint density at radius 1 is 1.29 bits per heavy atom. The Bertz CT molecular complexity index is 508. The molecule has 0 aromatic heterocycles. The lowest BCUT2D eigenvalue weighted by atomic mass is 10.0. The van der Waals surface area contributed by atoms with E-state index in [1.165, 1.54) is 6.08 Å². The Morgan fingerprint density at radius 2 is 2.00 bits per heavy atom. The Morgan fingerprint density at radius 3 is 2.57 bits per heavy atom. The third kappa shape index (κ3) is 3.79. The van der Waals surface area contributed by atoms with Gasteiger partial charge in [-0.3, -0.25) is 0 Å². The van der Waals surface area contributed by atoms with Gasteiger partial charge in [-0.2, -0.15) is 13.2 Å². The molecule has 0 spiro atoms. The van der Waals surface area contributed by atoms with Crippen molar-refractivity contribution in [2.75, 3.05) is 24.5 Å². The summed E-state index contributed by atoms with van der Waals surface area (Å²) < 4.78 is 38.0. The molecule has 1 heterocycles. The standard InChI is InChI=1S/C16H21F3N2/c1-3-20-12(2)14-6-4-5-7-15(14)21-10-8-13(9-11-21)16(17,18)19/h4-8,12,20H,3,9-11H2,1-2H3. The second-order valence-electron chi connectivity index (χ2n) is 5.26. The first-order valence-corrected chi connectivity index (χ1v) is 7.27. The van der Waals surface area contributed by atoms with Crippen molar-refractivity contribution in [1.29, 1.82) is 0 Å². The predicted molar refractivity (Wildman–Crippen MR) is 79.5 cm³/mol. The quantitative estimate of drug-likeness (QED) is 0.843. The van der Waals surface area contributed by atoms with E-state index in [9.17, 15) is 13.2 Å². The van der Waals surface area contributed by atoms with Gasteiger partial charge in [0.1, 0.15) is 0 Å². The number of halogens is 3. The van der Waals surface area contributed by atoms with Crippen LogP contribution in [0.4, 0.5) is 18.9 Å². The van der Waals surface area contributed by atoms with Crippen LogP contribution in [-0.4, -0.2) is 25.8 Å². The van der Waals surface area contributed by atoms with Crippen molar-refractivity contribution >= 4 is 5.69 Å². The first-order chi connectivity index (χ1) is 9.93. The molecule has 116 valence electrons. The van der Waals surface area contributed by atoms with Crippen molar-refractivity contribution in [3.8, 4) is 0 Å². The number of hydrogen-bond acceptors (Lipinski definition) is 2. The number of rotatable bonds is 4. The number of benzene rings is 1. The highest BCUT2D eigenvalue weighted by Gasteiger charge is 2.35. The second-order valence-corrected chi connectivity index (χ2v) is 5.26. The van der Waals surface area contributed by atoms with Crippen molar-refractivity contribution in [1.82, 2.24) is 5.32 Å². The van der Waals surface area contributed by atoms with Crippen LogP contribution >= 0.6 is 0 Å². The van der Waals surface area contributed by atoms with Gasteiger partial charge in [-0.15, -0.1) is 0 Å². The highest BCUT2D eigenvalue weighted by atomic mass is 19.4. The van der Waals surface area contributed by atoms with E-state index in [1.54, 1.807) is 0 Å². The summed E-state index contributed by atoms with van der Waals surface area (Å²) in [4.78, 5) is 2.01. The smallest absolute Gasteiger partial charge is 0.367 e. The van der Waals surface area contributed by atoms with Crippen LogP contribution in [0.15, 0.2) is 35.9 Å². The SMILES string of the molecule is CCNC(C)c1ccccc1N1CC=C(C(F)(F)F)CC1. The first kappa shape index (κ1) is 15.9. The van der Waals surface area contributed by atoms with Gasteiger partial charge in [0.25, 0.3) is 0 Å². The average molecular weight is 298 g/mol. The summed E-state index contributed by atoms with van der Waals surface area (Å²) in [5.41, 5.74) is 1.74. The summed E-state index contributed by atoms with van der Waals surface area (Å²) in [6, 6.07) is 8.09. The fraction of sp³-hybridized carbons (Fsp3) is 0.500. The topological polar surface area (TPSA) is 15.3 Å². The molecule has 5 heteroatoms.